The molecule has 2 rings (SSSR count). The monoisotopic (exact) mass is 269 g/mol. The minimum absolute atomic E-state index is 0.666. The van der Waals surface area contributed by atoms with Gasteiger partial charge in [-0.05, 0) is 58.2 Å². The molecule has 2 atom stereocenters. The van der Waals surface area contributed by atoms with Crippen molar-refractivity contribution in [2.75, 3.05) is 33.1 Å². The molecule has 2 heterocycles. The molecule has 17 heavy (non-hydrogen) atoms. The van der Waals surface area contributed by atoms with E-state index in [4.69, 9.17) is 39.4 Å². The standard InChI is InChI=1S/C7H15NO.C6H13NO/c1-8-5-2-3-7(8)4-6-9;8-5-3-6-2-1-4-7-6/h7,9H,2-6H2,1H3;6-8H,1-5H2/i1D3,2D2,3D2,4D2,5D2,6D2,7D;1D2,2D2,3D2,4D2,5D2,6D. The Hall–Kier alpha value is -0.160. The van der Waals surface area contributed by atoms with E-state index in [1.165, 1.54) is 5.32 Å². The van der Waals surface area contributed by atoms with Gasteiger partial charge in [-0.2, -0.15) is 0 Å². The number of likely N-dealkylation sites (tertiary alicyclic amines) is 1. The highest BCUT2D eigenvalue weighted by Crippen LogP contribution is 2.16. The highest BCUT2D eigenvalue weighted by Gasteiger charge is 2.19. The normalized spacial score (nSPS) is 81.4. The molecular weight excluding hydrogens is 216 g/mol. The number of aliphatic hydroxyl groups is 2. The minimum atomic E-state index is -4.00. The molecule has 2 unspecified atom stereocenters. The van der Waals surface area contributed by atoms with Gasteiger partial charge in [0.15, 0.2) is 0 Å². The minimum Gasteiger partial charge on any atom is -0.396 e. The fourth-order valence-corrected chi connectivity index (χ4v) is 0.732. The van der Waals surface area contributed by atoms with E-state index in [1.54, 1.807) is 0 Å². The van der Waals surface area contributed by atoms with Crippen molar-refractivity contribution in [3.05, 3.63) is 0 Å². The van der Waals surface area contributed by atoms with E-state index < -0.39 is 88.3 Å². The fourth-order valence-electron chi connectivity index (χ4n) is 0.732. The highest BCUT2D eigenvalue weighted by molar-refractivity contribution is 4.75. The van der Waals surface area contributed by atoms with Gasteiger partial charge in [-0.1, -0.05) is 0 Å². The number of rotatable bonds is 4. The molecule has 0 radical (unpaired) electrons. The van der Waals surface area contributed by atoms with Crippen molar-refractivity contribution in [1.29, 1.82) is 0 Å². The van der Waals surface area contributed by atoms with Gasteiger partial charge in [0, 0.05) is 53.9 Å². The third-order valence-electron chi connectivity index (χ3n) is 1.36. The summed E-state index contributed by atoms with van der Waals surface area (Å²) in [5, 5.41) is 20.0. The maximum atomic E-state index is 9.34. The number of hydrogen-bond donors (Lipinski definition) is 3. The van der Waals surface area contributed by atoms with E-state index in [1.807, 2.05) is 0 Å². The zero-order chi connectivity index (χ0) is 34.8. The third-order valence-corrected chi connectivity index (χ3v) is 1.36. The van der Waals surface area contributed by atoms with Crippen LogP contribution in [-0.4, -0.2) is 60.2 Å². The van der Waals surface area contributed by atoms with Crippen molar-refractivity contribution < 1.29 is 44.5 Å². The van der Waals surface area contributed by atoms with E-state index >= 15 is 0 Å². The molecule has 4 nitrogen and oxygen atoms in total. The van der Waals surface area contributed by atoms with Gasteiger partial charge < -0.3 is 20.4 Å². The maximum absolute atomic E-state index is 9.34. The fraction of sp³-hybridized carbons (Fsp3) is 1.00. The Labute approximate surface area is 140 Å². The lowest BCUT2D eigenvalue weighted by Crippen LogP contribution is -2.25. The topological polar surface area (TPSA) is 55.7 Å². The molecule has 0 spiro atoms. The van der Waals surface area contributed by atoms with Gasteiger partial charge in [0.1, 0.15) is 0 Å². The van der Waals surface area contributed by atoms with Crippen molar-refractivity contribution in [2.24, 2.45) is 0 Å². The predicted molar refractivity (Wildman–Crippen MR) is 70.1 cm³/mol. The molecule has 3 N–H and O–H groups in total. The van der Waals surface area contributed by atoms with Crippen LogP contribution < -0.4 is 5.32 Å². The van der Waals surface area contributed by atoms with E-state index in [0.717, 1.165) is 0 Å². The molecule has 0 amide bonds. The van der Waals surface area contributed by atoms with Gasteiger partial charge in [-0.25, -0.2) is 0 Å². The third kappa shape index (κ3) is 5.82. The van der Waals surface area contributed by atoms with Gasteiger partial charge in [-0.3, -0.25) is 0 Å². The number of hydrogen-bond acceptors (Lipinski definition) is 4. The van der Waals surface area contributed by atoms with E-state index in [0.29, 0.717) is 0 Å². The Morgan fingerprint density at radius 2 is 2.24 bits per heavy atom. The second kappa shape index (κ2) is 8.86. The lowest BCUT2D eigenvalue weighted by molar-refractivity contribution is 0.220. The van der Waals surface area contributed by atoms with Gasteiger partial charge in [0.05, 0.1) is 5.48 Å². The first-order chi connectivity index (χ1) is 17.6. The van der Waals surface area contributed by atoms with Crippen molar-refractivity contribution in [1.82, 2.24) is 10.2 Å². The summed E-state index contributed by atoms with van der Waals surface area (Å²) in [4.78, 5) is -0.666. The van der Waals surface area contributed by atoms with Crippen molar-refractivity contribution in [3.63, 3.8) is 0 Å². The molecule has 0 aromatic rings. The van der Waals surface area contributed by atoms with E-state index in [2.05, 4.69) is 0 Å². The Morgan fingerprint density at radius 1 is 1.41 bits per heavy atom. The quantitative estimate of drug-likeness (QED) is 0.699. The molecule has 4 heteroatoms. The van der Waals surface area contributed by atoms with Crippen LogP contribution in [0.1, 0.15) is 72.5 Å². The van der Waals surface area contributed by atoms with Gasteiger partial charge in [0.25, 0.3) is 0 Å². The first-order valence-corrected chi connectivity index (χ1v) is 4.12. The van der Waals surface area contributed by atoms with Crippen LogP contribution >= 0.6 is 0 Å². The molecular formula is C13H28N2O2. The van der Waals surface area contributed by atoms with Crippen molar-refractivity contribution >= 4 is 0 Å². The summed E-state index contributed by atoms with van der Waals surface area (Å²) < 4.78 is 186. The van der Waals surface area contributed by atoms with Crippen LogP contribution in [-0.2, 0) is 0 Å². The van der Waals surface area contributed by atoms with Crippen molar-refractivity contribution in [2.45, 2.75) is 50.3 Å². The summed E-state index contributed by atoms with van der Waals surface area (Å²) in [6.07, 6.45) is -21.9. The van der Waals surface area contributed by atoms with Crippen LogP contribution in [0.4, 0.5) is 0 Å². The zero-order valence-electron chi connectivity index (χ0n) is 33.3. The van der Waals surface area contributed by atoms with E-state index in [9.17, 15) is 5.11 Å². The number of nitrogens with zero attached hydrogens (tertiary/aromatic N) is 1. The van der Waals surface area contributed by atoms with Crippen LogP contribution in [0.5, 0.6) is 0 Å². The Morgan fingerprint density at radius 3 is 2.82 bits per heavy atom. The summed E-state index contributed by atoms with van der Waals surface area (Å²) >= 11 is 0. The molecule has 0 aromatic heterocycles. The largest absolute Gasteiger partial charge is 0.396 e. The average Bonchev–Trinajstić information content (AvgIpc) is 2.84. The molecule has 2 aliphatic rings. The molecule has 0 saturated carbocycles. The molecule has 2 aliphatic heterocycles. The summed E-state index contributed by atoms with van der Waals surface area (Å²) in [5.41, 5.74) is 0. The molecule has 2 saturated heterocycles. The molecule has 0 bridgehead atoms. The lowest BCUT2D eigenvalue weighted by Gasteiger charge is -2.17. The second-order valence-electron chi connectivity index (χ2n) is 2.39. The molecule has 102 valence electrons. The van der Waals surface area contributed by atoms with Crippen LogP contribution in [0.25, 0.3) is 0 Å². The zero-order valence-corrected chi connectivity index (χ0v) is 8.34. The first kappa shape index (κ1) is 2.41. The van der Waals surface area contributed by atoms with Gasteiger partial charge >= 0.3 is 0 Å². The van der Waals surface area contributed by atoms with Gasteiger partial charge in [0.2, 0.25) is 0 Å². The lowest BCUT2D eigenvalue weighted by atomic mass is 10.2. The summed E-state index contributed by atoms with van der Waals surface area (Å²) in [7, 11) is 0. The maximum Gasteiger partial charge on any atom is 0.0564 e. The highest BCUT2D eigenvalue weighted by atomic mass is 16.3. The second-order valence-corrected chi connectivity index (χ2v) is 2.39. The summed E-state index contributed by atoms with van der Waals surface area (Å²) in [6, 6.07) is -7.32. The SMILES string of the molecule is [2H]C([2H])(O)C([2H])([2H])C1([2H])NC([2H])([2H])C([2H])([2H])C1([2H])[2H].[2H]C([2H])([2H])N1C([2H])([2H])C([2H])([2H])C([2H])([2H])C1([2H])C([2H])([2H])C([2H])([2H])O. The van der Waals surface area contributed by atoms with Crippen LogP contribution in [0.15, 0.2) is 0 Å². The average molecular weight is 270 g/mol. The molecule has 0 aromatic carbocycles. The Kier molecular flexibility index (Phi) is 1.26. The van der Waals surface area contributed by atoms with Crippen LogP contribution in [0, 0.1) is 0 Å². The smallest absolute Gasteiger partial charge is 0.0564 e. The van der Waals surface area contributed by atoms with Crippen LogP contribution in [0.2, 0.25) is 0 Å². The molecule has 0 aliphatic carbocycles. The van der Waals surface area contributed by atoms with Crippen LogP contribution in [0.3, 0.4) is 0 Å². The first-order valence-electron chi connectivity index (χ1n) is 16.6. The van der Waals surface area contributed by atoms with E-state index in [-0.39, 0.29) is 0 Å². The predicted octanol–water partition coefficient (Wildman–Crippen LogP) is 0.584. The summed E-state index contributed by atoms with van der Waals surface area (Å²) in [5.74, 6) is 0. The Balaban J connectivity index is 0.000000428. The Bertz CT molecular complexity index is 1040. The molecule has 2 fully saturated rings. The van der Waals surface area contributed by atoms with Gasteiger partial charge in [-0.15, -0.1) is 0 Å². The van der Waals surface area contributed by atoms with Crippen molar-refractivity contribution in [3.8, 4) is 0 Å². The number of nitrogens with one attached hydrogen (secondary N) is 1. The summed E-state index contributed by atoms with van der Waals surface area (Å²) in [6.45, 7) is -18.1.